The second kappa shape index (κ2) is 7.74. The predicted molar refractivity (Wildman–Crippen MR) is 118 cm³/mol. The van der Waals surface area contributed by atoms with Crippen LogP contribution in [0.2, 0.25) is 0 Å². The molecule has 3 aromatic rings. The Kier molecular flexibility index (Phi) is 4.90. The lowest BCUT2D eigenvalue weighted by atomic mass is 10.00. The van der Waals surface area contributed by atoms with Crippen molar-refractivity contribution in [3.05, 3.63) is 89.5 Å². The minimum atomic E-state index is -3.76. The van der Waals surface area contributed by atoms with E-state index >= 15 is 0 Å². The molecular formula is C24H22N2O4S. The lowest BCUT2D eigenvalue weighted by Gasteiger charge is -2.26. The van der Waals surface area contributed by atoms with E-state index in [0.717, 1.165) is 16.9 Å². The summed E-state index contributed by atoms with van der Waals surface area (Å²) in [5.41, 5.74) is 2.96. The molecule has 0 aliphatic carbocycles. The van der Waals surface area contributed by atoms with Crippen LogP contribution in [0.1, 0.15) is 33.9 Å². The third-order valence-corrected chi connectivity index (χ3v) is 7.60. The molecule has 0 radical (unpaired) electrons. The van der Waals surface area contributed by atoms with Crippen LogP contribution in [-0.2, 0) is 16.4 Å². The molecule has 6 nitrogen and oxygen atoms in total. The second-order valence-corrected chi connectivity index (χ2v) is 9.55. The molecule has 0 saturated carbocycles. The van der Waals surface area contributed by atoms with Gasteiger partial charge in [0.25, 0.3) is 15.9 Å². The zero-order valence-corrected chi connectivity index (χ0v) is 17.6. The molecule has 1 N–H and O–H groups in total. The SMILES string of the molecule is O=C(N[C@H]1CCOc2ccccc21)c1cccc(S(=O)(=O)N2CCc3ccccc32)c1. The highest BCUT2D eigenvalue weighted by Crippen LogP contribution is 2.34. The fourth-order valence-electron chi connectivity index (χ4n) is 4.22. The van der Waals surface area contributed by atoms with Crippen molar-refractivity contribution in [3.63, 3.8) is 0 Å². The number of benzene rings is 3. The Morgan fingerprint density at radius 1 is 1.00 bits per heavy atom. The largest absolute Gasteiger partial charge is 0.493 e. The van der Waals surface area contributed by atoms with E-state index < -0.39 is 10.0 Å². The maximum atomic E-state index is 13.3. The summed E-state index contributed by atoms with van der Waals surface area (Å²) in [5.74, 6) is 0.462. The normalized spacial score (nSPS) is 17.4. The summed E-state index contributed by atoms with van der Waals surface area (Å²) in [4.78, 5) is 13.1. The number of hydrogen-bond acceptors (Lipinski definition) is 4. The van der Waals surface area contributed by atoms with Crippen molar-refractivity contribution in [3.8, 4) is 5.75 Å². The Morgan fingerprint density at radius 3 is 2.71 bits per heavy atom. The van der Waals surface area contributed by atoms with Gasteiger partial charge in [-0.15, -0.1) is 0 Å². The molecule has 0 unspecified atom stereocenters. The summed E-state index contributed by atoms with van der Waals surface area (Å²) in [6.45, 7) is 0.918. The number of fused-ring (bicyclic) bond motifs is 2. The fourth-order valence-corrected chi connectivity index (χ4v) is 5.77. The van der Waals surface area contributed by atoms with Gasteiger partial charge < -0.3 is 10.1 Å². The molecule has 7 heteroatoms. The minimum absolute atomic E-state index is 0.115. The van der Waals surface area contributed by atoms with E-state index in [9.17, 15) is 13.2 Å². The van der Waals surface area contributed by atoms with E-state index in [4.69, 9.17) is 4.74 Å². The van der Waals surface area contributed by atoms with Crippen LogP contribution >= 0.6 is 0 Å². The number of nitrogens with one attached hydrogen (secondary N) is 1. The van der Waals surface area contributed by atoms with E-state index in [1.54, 1.807) is 12.1 Å². The minimum Gasteiger partial charge on any atom is -0.493 e. The van der Waals surface area contributed by atoms with Crippen molar-refractivity contribution in [2.45, 2.75) is 23.8 Å². The molecule has 0 saturated heterocycles. The first-order valence-corrected chi connectivity index (χ1v) is 11.7. The number of anilines is 1. The summed E-state index contributed by atoms with van der Waals surface area (Å²) in [6, 6.07) is 21.2. The number of nitrogens with zero attached hydrogens (tertiary/aromatic N) is 1. The Hall–Kier alpha value is -3.32. The number of carbonyl (C=O) groups excluding carboxylic acids is 1. The van der Waals surface area contributed by atoms with Crippen molar-refractivity contribution >= 4 is 21.6 Å². The average Bonchev–Trinajstić information content (AvgIpc) is 3.24. The van der Waals surface area contributed by atoms with E-state index in [0.29, 0.717) is 37.2 Å². The zero-order chi connectivity index (χ0) is 21.4. The molecule has 158 valence electrons. The van der Waals surface area contributed by atoms with Crippen LogP contribution in [0, 0.1) is 0 Å². The number of para-hydroxylation sites is 2. The quantitative estimate of drug-likeness (QED) is 0.680. The maximum absolute atomic E-state index is 13.3. The molecule has 3 aromatic carbocycles. The predicted octanol–water partition coefficient (Wildman–Crippen LogP) is 3.69. The first kappa shape index (κ1) is 19.6. The summed E-state index contributed by atoms with van der Waals surface area (Å²) >= 11 is 0. The third-order valence-electron chi connectivity index (χ3n) is 5.79. The highest BCUT2D eigenvalue weighted by Gasteiger charge is 2.31. The molecular weight excluding hydrogens is 412 g/mol. The summed E-state index contributed by atoms with van der Waals surface area (Å²) in [6.07, 6.45) is 1.34. The monoisotopic (exact) mass is 434 g/mol. The first-order valence-electron chi connectivity index (χ1n) is 10.3. The molecule has 5 rings (SSSR count). The Balaban J connectivity index is 1.40. The van der Waals surface area contributed by atoms with Gasteiger partial charge in [-0.3, -0.25) is 9.10 Å². The lowest BCUT2D eigenvalue weighted by molar-refractivity contribution is 0.0924. The van der Waals surface area contributed by atoms with Gasteiger partial charge >= 0.3 is 0 Å². The molecule has 0 fully saturated rings. The van der Waals surface area contributed by atoms with Gasteiger partial charge in [-0.1, -0.05) is 42.5 Å². The van der Waals surface area contributed by atoms with Gasteiger partial charge in [-0.25, -0.2) is 8.42 Å². The second-order valence-electron chi connectivity index (χ2n) is 7.68. The summed E-state index contributed by atoms with van der Waals surface area (Å²) in [5, 5.41) is 3.03. The van der Waals surface area contributed by atoms with Gasteiger partial charge in [0.2, 0.25) is 0 Å². The number of ether oxygens (including phenoxy) is 1. The fraction of sp³-hybridized carbons (Fsp3) is 0.208. The maximum Gasteiger partial charge on any atom is 0.264 e. The van der Waals surface area contributed by atoms with Crippen LogP contribution in [0.5, 0.6) is 5.75 Å². The molecule has 0 spiro atoms. The topological polar surface area (TPSA) is 75.7 Å². The van der Waals surface area contributed by atoms with Crippen molar-refractivity contribution in [1.29, 1.82) is 0 Å². The molecule has 0 bridgehead atoms. The van der Waals surface area contributed by atoms with Crippen LogP contribution in [-0.4, -0.2) is 27.5 Å². The Morgan fingerprint density at radius 2 is 1.81 bits per heavy atom. The van der Waals surface area contributed by atoms with Gasteiger partial charge in [0.1, 0.15) is 5.75 Å². The van der Waals surface area contributed by atoms with Crippen LogP contribution < -0.4 is 14.4 Å². The number of rotatable bonds is 4. The van der Waals surface area contributed by atoms with Crippen LogP contribution in [0.3, 0.4) is 0 Å². The van der Waals surface area contributed by atoms with Gasteiger partial charge in [0, 0.05) is 24.1 Å². The smallest absolute Gasteiger partial charge is 0.264 e. The molecule has 1 amide bonds. The van der Waals surface area contributed by atoms with Gasteiger partial charge in [0.15, 0.2) is 0 Å². The number of hydrogen-bond donors (Lipinski definition) is 1. The Labute approximate surface area is 181 Å². The van der Waals surface area contributed by atoms with E-state index in [1.807, 2.05) is 48.5 Å². The van der Waals surface area contributed by atoms with Crippen molar-refractivity contribution in [1.82, 2.24) is 5.32 Å². The number of carbonyl (C=O) groups is 1. The van der Waals surface area contributed by atoms with Gasteiger partial charge in [0.05, 0.1) is 23.2 Å². The molecule has 31 heavy (non-hydrogen) atoms. The number of amides is 1. The average molecular weight is 435 g/mol. The molecule has 0 aromatic heterocycles. The highest BCUT2D eigenvalue weighted by atomic mass is 32.2. The third kappa shape index (κ3) is 3.55. The molecule has 2 aliphatic heterocycles. The Bertz CT molecular complexity index is 1260. The lowest BCUT2D eigenvalue weighted by Crippen LogP contribution is -2.32. The summed E-state index contributed by atoms with van der Waals surface area (Å²) in [7, 11) is -3.76. The van der Waals surface area contributed by atoms with Crippen LogP contribution in [0.25, 0.3) is 0 Å². The standard InChI is InChI=1S/C24H22N2O4S/c27-24(25-21-13-15-30-23-11-4-2-9-20(21)23)18-7-5-8-19(16-18)31(28,29)26-14-12-17-6-1-3-10-22(17)26/h1-11,16,21H,12-15H2,(H,25,27)/t21-/m0/s1. The molecule has 1 atom stereocenters. The first-order chi connectivity index (χ1) is 15.0. The van der Waals surface area contributed by atoms with Crippen molar-refractivity contribution < 1.29 is 17.9 Å². The van der Waals surface area contributed by atoms with E-state index in [2.05, 4.69) is 5.32 Å². The zero-order valence-electron chi connectivity index (χ0n) is 16.8. The van der Waals surface area contributed by atoms with Gasteiger partial charge in [-0.2, -0.15) is 0 Å². The van der Waals surface area contributed by atoms with Crippen LogP contribution in [0.4, 0.5) is 5.69 Å². The molecule has 2 heterocycles. The van der Waals surface area contributed by atoms with Gasteiger partial charge in [-0.05, 0) is 42.3 Å². The highest BCUT2D eigenvalue weighted by molar-refractivity contribution is 7.92. The molecule has 2 aliphatic rings. The van der Waals surface area contributed by atoms with Crippen molar-refractivity contribution in [2.75, 3.05) is 17.5 Å². The van der Waals surface area contributed by atoms with Crippen molar-refractivity contribution in [2.24, 2.45) is 0 Å². The van der Waals surface area contributed by atoms with Crippen LogP contribution in [0.15, 0.2) is 77.7 Å². The number of sulfonamides is 1. The summed E-state index contributed by atoms with van der Waals surface area (Å²) < 4.78 is 33.7. The van der Waals surface area contributed by atoms with E-state index in [-0.39, 0.29) is 16.8 Å². The van der Waals surface area contributed by atoms with E-state index in [1.165, 1.54) is 16.4 Å².